The molecule has 1 heterocycles. The Morgan fingerprint density at radius 2 is 1.87 bits per heavy atom. The molecule has 1 saturated heterocycles. The van der Waals surface area contributed by atoms with Gasteiger partial charge >= 0.3 is 11.9 Å². The maximum Gasteiger partial charge on any atom is 0.310 e. The molecule has 0 radical (unpaired) electrons. The molecule has 0 aromatic heterocycles. The second-order valence-corrected chi connectivity index (χ2v) is 2.92. The fourth-order valence-electron chi connectivity index (χ4n) is 0.938. The van der Waals surface area contributed by atoms with Gasteiger partial charge < -0.3 is 14.8 Å². The van der Waals surface area contributed by atoms with Crippen LogP contribution in [0.3, 0.4) is 0 Å². The molecule has 0 saturated carbocycles. The van der Waals surface area contributed by atoms with Gasteiger partial charge in [-0.15, -0.1) is 0 Å². The van der Waals surface area contributed by atoms with Gasteiger partial charge in [-0.2, -0.15) is 0 Å². The number of hydrogen-bond donors (Lipinski definition) is 1. The summed E-state index contributed by atoms with van der Waals surface area (Å²) in [6.07, 6.45) is 0.271. The van der Waals surface area contributed by atoms with Gasteiger partial charge in [0, 0.05) is 19.9 Å². The fraction of sp³-hybridized carbons (Fsp3) is 0.667. The molecule has 1 N–H and O–H groups in total. The summed E-state index contributed by atoms with van der Waals surface area (Å²) < 4.78 is 8.56. The Hall–Kier alpha value is -1.59. The molecule has 1 unspecified atom stereocenters. The van der Waals surface area contributed by atoms with Gasteiger partial charge in [-0.25, -0.2) is 0 Å². The molecule has 1 aliphatic heterocycles. The number of carbonyl (C=O) groups excluding carboxylic acids is 3. The SMILES string of the molecule is COC(=O)C1CNC(=O)C1.COC(C)=O. The second kappa shape index (κ2) is 6.80. The van der Waals surface area contributed by atoms with E-state index in [4.69, 9.17) is 0 Å². The van der Waals surface area contributed by atoms with Crippen LogP contribution in [0, 0.1) is 5.92 Å². The zero-order valence-electron chi connectivity index (χ0n) is 9.03. The highest BCUT2D eigenvalue weighted by Crippen LogP contribution is 2.09. The van der Waals surface area contributed by atoms with Gasteiger partial charge in [0.25, 0.3) is 0 Å². The van der Waals surface area contributed by atoms with E-state index in [2.05, 4.69) is 14.8 Å². The van der Waals surface area contributed by atoms with E-state index < -0.39 is 0 Å². The number of carbonyl (C=O) groups is 3. The predicted molar refractivity (Wildman–Crippen MR) is 50.8 cm³/mol. The Labute approximate surface area is 87.9 Å². The highest BCUT2D eigenvalue weighted by Gasteiger charge is 2.28. The Bertz CT molecular complexity index is 251. The molecular formula is C9H15NO5. The molecule has 6 heteroatoms. The molecule has 1 fully saturated rings. The van der Waals surface area contributed by atoms with E-state index in [1.165, 1.54) is 21.1 Å². The molecule has 0 aromatic carbocycles. The average molecular weight is 217 g/mol. The van der Waals surface area contributed by atoms with Crippen molar-refractivity contribution in [2.24, 2.45) is 5.92 Å². The molecule has 0 aromatic rings. The Morgan fingerprint density at radius 3 is 2.13 bits per heavy atom. The first-order chi connectivity index (χ1) is 7.01. The summed E-state index contributed by atoms with van der Waals surface area (Å²) in [4.78, 5) is 30.9. The summed E-state index contributed by atoms with van der Waals surface area (Å²) in [6, 6.07) is 0. The fourth-order valence-corrected chi connectivity index (χ4v) is 0.938. The van der Waals surface area contributed by atoms with Gasteiger partial charge in [-0.05, 0) is 0 Å². The quantitative estimate of drug-likeness (QED) is 0.597. The summed E-state index contributed by atoms with van der Waals surface area (Å²) >= 11 is 0. The molecule has 1 rings (SSSR count). The van der Waals surface area contributed by atoms with Crippen molar-refractivity contribution in [3.8, 4) is 0 Å². The zero-order chi connectivity index (χ0) is 11.8. The Kier molecular flexibility index (Phi) is 6.08. The lowest BCUT2D eigenvalue weighted by molar-refractivity contribution is -0.145. The first-order valence-electron chi connectivity index (χ1n) is 4.40. The minimum absolute atomic E-state index is 0.0737. The van der Waals surface area contributed by atoms with Gasteiger partial charge in [-0.3, -0.25) is 14.4 Å². The van der Waals surface area contributed by atoms with Crippen LogP contribution in [0.1, 0.15) is 13.3 Å². The number of ether oxygens (including phenoxy) is 2. The van der Waals surface area contributed by atoms with Crippen molar-refractivity contribution in [3.05, 3.63) is 0 Å². The van der Waals surface area contributed by atoms with Crippen molar-refractivity contribution in [2.75, 3.05) is 20.8 Å². The van der Waals surface area contributed by atoms with Crippen LogP contribution in [0.5, 0.6) is 0 Å². The lowest BCUT2D eigenvalue weighted by atomic mass is 10.1. The molecule has 1 amide bonds. The summed E-state index contributed by atoms with van der Waals surface area (Å²) in [5.74, 6) is -0.892. The van der Waals surface area contributed by atoms with Gasteiger partial charge in [0.05, 0.1) is 20.1 Å². The van der Waals surface area contributed by atoms with E-state index in [0.717, 1.165) is 0 Å². The monoisotopic (exact) mass is 217 g/mol. The number of amides is 1. The highest BCUT2D eigenvalue weighted by atomic mass is 16.5. The third-order valence-electron chi connectivity index (χ3n) is 1.80. The van der Waals surface area contributed by atoms with Crippen LogP contribution >= 0.6 is 0 Å². The van der Waals surface area contributed by atoms with Crippen molar-refractivity contribution in [2.45, 2.75) is 13.3 Å². The first kappa shape index (κ1) is 13.4. The molecule has 1 atom stereocenters. The van der Waals surface area contributed by atoms with E-state index >= 15 is 0 Å². The molecular weight excluding hydrogens is 202 g/mol. The zero-order valence-corrected chi connectivity index (χ0v) is 9.03. The third kappa shape index (κ3) is 5.66. The second-order valence-electron chi connectivity index (χ2n) is 2.92. The van der Waals surface area contributed by atoms with E-state index in [1.807, 2.05) is 0 Å². The maximum atomic E-state index is 10.7. The lowest BCUT2D eigenvalue weighted by Gasteiger charge is -2.01. The van der Waals surface area contributed by atoms with Gasteiger partial charge in [0.1, 0.15) is 0 Å². The van der Waals surface area contributed by atoms with Crippen LogP contribution in [-0.4, -0.2) is 38.6 Å². The van der Waals surface area contributed by atoms with Crippen LogP contribution in [0.2, 0.25) is 0 Å². The topological polar surface area (TPSA) is 81.7 Å². The predicted octanol–water partition coefficient (Wildman–Crippen LogP) is -0.525. The minimum Gasteiger partial charge on any atom is -0.469 e. The molecule has 1 aliphatic rings. The van der Waals surface area contributed by atoms with E-state index in [1.54, 1.807) is 0 Å². The van der Waals surface area contributed by atoms with E-state index in [9.17, 15) is 14.4 Å². The van der Waals surface area contributed by atoms with Crippen molar-refractivity contribution in [3.63, 3.8) is 0 Å². The molecule has 6 nitrogen and oxygen atoms in total. The minimum atomic E-state index is -0.307. The third-order valence-corrected chi connectivity index (χ3v) is 1.80. The standard InChI is InChI=1S/C6H9NO3.C3H6O2/c1-10-6(9)4-2-5(8)7-3-4;1-3(4)5-2/h4H,2-3H2,1H3,(H,7,8);1-2H3. The van der Waals surface area contributed by atoms with Crippen molar-refractivity contribution in [1.82, 2.24) is 5.32 Å². The maximum absolute atomic E-state index is 10.7. The lowest BCUT2D eigenvalue weighted by Crippen LogP contribution is -2.19. The molecule has 0 bridgehead atoms. The average Bonchev–Trinajstić information content (AvgIpc) is 2.64. The molecule has 15 heavy (non-hydrogen) atoms. The first-order valence-corrected chi connectivity index (χ1v) is 4.40. The summed E-state index contributed by atoms with van der Waals surface area (Å²) in [5, 5.41) is 2.55. The molecule has 0 spiro atoms. The van der Waals surface area contributed by atoms with Gasteiger partial charge in [-0.1, -0.05) is 0 Å². The number of nitrogens with one attached hydrogen (secondary N) is 1. The molecule has 86 valence electrons. The Morgan fingerprint density at radius 1 is 1.33 bits per heavy atom. The van der Waals surface area contributed by atoms with E-state index in [0.29, 0.717) is 6.54 Å². The summed E-state index contributed by atoms with van der Waals surface area (Å²) in [6.45, 7) is 1.78. The largest absolute Gasteiger partial charge is 0.469 e. The smallest absolute Gasteiger partial charge is 0.310 e. The Balaban J connectivity index is 0.000000336. The van der Waals surface area contributed by atoms with Crippen molar-refractivity contribution in [1.29, 1.82) is 0 Å². The number of esters is 2. The van der Waals surface area contributed by atoms with Crippen molar-refractivity contribution >= 4 is 17.8 Å². The van der Waals surface area contributed by atoms with Crippen LogP contribution < -0.4 is 5.32 Å². The van der Waals surface area contributed by atoms with Crippen LogP contribution in [0.25, 0.3) is 0 Å². The summed E-state index contributed by atoms with van der Waals surface area (Å²) in [5.41, 5.74) is 0. The highest BCUT2D eigenvalue weighted by molar-refractivity contribution is 5.86. The number of methoxy groups -OCH3 is 2. The van der Waals surface area contributed by atoms with Crippen LogP contribution in [0.4, 0.5) is 0 Å². The van der Waals surface area contributed by atoms with E-state index in [-0.39, 0.29) is 30.2 Å². The molecule has 0 aliphatic carbocycles. The van der Waals surface area contributed by atoms with Crippen LogP contribution in [-0.2, 0) is 23.9 Å². The van der Waals surface area contributed by atoms with Gasteiger partial charge in [0.2, 0.25) is 5.91 Å². The summed E-state index contributed by atoms with van der Waals surface area (Å²) in [7, 11) is 2.67. The van der Waals surface area contributed by atoms with Crippen molar-refractivity contribution < 1.29 is 23.9 Å². The number of rotatable bonds is 1. The normalized spacial score (nSPS) is 18.3. The van der Waals surface area contributed by atoms with Gasteiger partial charge in [0.15, 0.2) is 0 Å². The number of hydrogen-bond acceptors (Lipinski definition) is 5. The van der Waals surface area contributed by atoms with Crippen LogP contribution in [0.15, 0.2) is 0 Å².